The van der Waals surface area contributed by atoms with Crippen molar-refractivity contribution in [2.45, 2.75) is 6.42 Å². The third kappa shape index (κ3) is 31.4. The van der Waals surface area contributed by atoms with Crippen molar-refractivity contribution in [3.05, 3.63) is 70.3 Å². The summed E-state index contributed by atoms with van der Waals surface area (Å²) >= 11 is 1.75. The summed E-state index contributed by atoms with van der Waals surface area (Å²) in [5.74, 6) is 5.11. The fraction of sp³-hybridized carbons (Fsp3) is 0.0769. The molecule has 0 spiro atoms. The van der Waals surface area contributed by atoms with Crippen molar-refractivity contribution in [2.24, 2.45) is 0 Å². The molecule has 0 aliphatic heterocycles. The molecule has 1 atom stereocenters. The summed E-state index contributed by atoms with van der Waals surface area (Å²) in [7, 11) is 0.823. The Balaban J connectivity index is -0.0000000247. The van der Waals surface area contributed by atoms with Crippen LogP contribution in [0.25, 0.3) is 0 Å². The van der Waals surface area contributed by atoms with Crippen molar-refractivity contribution in [2.75, 3.05) is 0 Å². The monoisotopic (exact) mass is 327 g/mol. The smallest absolute Gasteiger partial charge is 0.163 e. The van der Waals surface area contributed by atoms with E-state index in [0.29, 0.717) is 0 Å². The van der Waals surface area contributed by atoms with Gasteiger partial charge in [-0.05, 0) is 0 Å². The Bertz CT molecular complexity index is 194. The molecule has 1 aliphatic rings. The van der Waals surface area contributed by atoms with Gasteiger partial charge >= 0.3 is 24.8 Å². The molecule has 0 amide bonds. The minimum atomic E-state index is 0. The molecule has 1 heterocycles. The van der Waals surface area contributed by atoms with Crippen molar-refractivity contribution in [1.82, 2.24) is 0 Å². The molecule has 4 heteroatoms. The zero-order valence-electron chi connectivity index (χ0n) is 10.7. The van der Waals surface area contributed by atoms with Crippen molar-refractivity contribution in [3.63, 3.8) is 0 Å². The van der Waals surface area contributed by atoms with Crippen molar-refractivity contribution < 1.29 is 20.0 Å². The van der Waals surface area contributed by atoms with Gasteiger partial charge in [0, 0.05) is 0 Å². The molecule has 102 valence electrons. The molecule has 0 bridgehead atoms. The van der Waals surface area contributed by atoms with Crippen molar-refractivity contribution >= 4 is 37.8 Å². The quantitative estimate of drug-likeness (QED) is 0.465. The van der Waals surface area contributed by atoms with Crippen LogP contribution in [-0.4, -0.2) is 4.82 Å². The average molecular weight is 328 g/mol. The molecule has 0 saturated heterocycles. The van der Waals surface area contributed by atoms with Gasteiger partial charge in [0.2, 0.25) is 0 Å². The summed E-state index contributed by atoms with van der Waals surface area (Å²) in [4.78, 5) is 3.25. The molecule has 0 radical (unpaired) electrons. The molecule has 17 heavy (non-hydrogen) atoms. The van der Waals surface area contributed by atoms with Crippen LogP contribution in [0.4, 0.5) is 0 Å². The SMILES string of the molecule is Cl.Cl.[C-]1=CC=CC1.[CH2]=[Ti].[CH3-].[CH3-].[CH3-].[c-]1ccc[pH]1. The number of halogens is 2. The van der Waals surface area contributed by atoms with Gasteiger partial charge in [0.15, 0.2) is 0 Å². The normalized spacial score (nSPS) is 8.18. The first kappa shape index (κ1) is 36.0. The standard InChI is InChI=1S/C5H5.C4H4P.3CH3.CH2.2ClH.Ti/c2*1-2-4-5-3-1;;;;;;;/h1-3H,4H2;1-3,5H;3*1H3;1H2;2*1H;/q5*-1;;;;. The van der Waals surface area contributed by atoms with Crippen LogP contribution >= 0.6 is 33.0 Å². The summed E-state index contributed by atoms with van der Waals surface area (Å²) in [5, 5.41) is 0. The van der Waals surface area contributed by atoms with E-state index < -0.39 is 0 Å². The molecular formula is C13H22Cl2PTi-5. The largest absolute Gasteiger partial charge is 0.358 e. The van der Waals surface area contributed by atoms with Gasteiger partial charge in [-0.15, -0.1) is 31.2 Å². The molecule has 1 aromatic rings. The molecule has 1 unspecified atom stereocenters. The molecule has 0 N–H and O–H groups in total. The summed E-state index contributed by atoms with van der Waals surface area (Å²) in [5.41, 5.74) is 0. The molecule has 0 nitrogen and oxygen atoms in total. The third-order valence-electron chi connectivity index (χ3n) is 1.03. The Morgan fingerprint density at radius 2 is 1.71 bits per heavy atom. The summed E-state index contributed by atoms with van der Waals surface area (Å²) in [6.07, 6.45) is 10.0. The zero-order chi connectivity index (χ0) is 9.07. The summed E-state index contributed by atoms with van der Waals surface area (Å²) < 4.78 is 0. The van der Waals surface area contributed by atoms with Gasteiger partial charge in [-0.2, -0.15) is 23.7 Å². The maximum atomic E-state index is 3.25. The van der Waals surface area contributed by atoms with Crippen LogP contribution < -0.4 is 0 Å². The number of hydrogen-bond donors (Lipinski definition) is 0. The predicted octanol–water partition coefficient (Wildman–Crippen LogP) is 4.98. The molecule has 0 aromatic carbocycles. The van der Waals surface area contributed by atoms with E-state index in [9.17, 15) is 0 Å². The first-order valence-electron chi connectivity index (χ1n) is 3.56. The van der Waals surface area contributed by atoms with E-state index in [1.807, 2.05) is 24.3 Å². The maximum absolute atomic E-state index is 3.25. The minimum Gasteiger partial charge on any atom is -0.358 e. The van der Waals surface area contributed by atoms with Crippen LogP contribution in [-0.2, 0) is 20.0 Å². The van der Waals surface area contributed by atoms with E-state index in [2.05, 4.69) is 28.6 Å². The fourth-order valence-corrected chi connectivity index (χ4v) is 1.06. The van der Waals surface area contributed by atoms with E-state index in [4.69, 9.17) is 0 Å². The molecular weight excluding hydrogens is 306 g/mol. The van der Waals surface area contributed by atoms with Crippen LogP contribution in [0.2, 0.25) is 0 Å². The van der Waals surface area contributed by atoms with E-state index in [0.717, 1.165) is 14.6 Å². The second kappa shape index (κ2) is 36.0. The van der Waals surface area contributed by atoms with Gasteiger partial charge in [-0.25, -0.2) is 18.2 Å². The van der Waals surface area contributed by atoms with Gasteiger partial charge in [-0.3, -0.25) is 14.3 Å². The van der Waals surface area contributed by atoms with Crippen LogP contribution in [0, 0.1) is 34.2 Å². The maximum Gasteiger partial charge on any atom is -0.163 e. The minimum absolute atomic E-state index is 0. The first-order chi connectivity index (χ1) is 6.00. The number of allylic oxidation sites excluding steroid dienone is 4. The first-order valence-corrected chi connectivity index (χ1v) is 5.75. The van der Waals surface area contributed by atoms with Gasteiger partial charge in [-0.1, -0.05) is 0 Å². The van der Waals surface area contributed by atoms with E-state index in [-0.39, 0.29) is 47.1 Å². The Morgan fingerprint density at radius 1 is 1.12 bits per heavy atom. The van der Waals surface area contributed by atoms with E-state index >= 15 is 0 Å². The van der Waals surface area contributed by atoms with Gasteiger partial charge in [0.1, 0.15) is 0 Å². The van der Waals surface area contributed by atoms with Gasteiger partial charge < -0.3 is 22.3 Å². The zero-order valence-corrected chi connectivity index (χ0v) is 14.9. The second-order valence-corrected chi connectivity index (χ2v) is 2.73. The average Bonchev–Trinajstić information content (AvgIpc) is 2.87. The molecule has 1 aliphatic carbocycles. The van der Waals surface area contributed by atoms with Gasteiger partial charge in [0.05, 0.1) is 0 Å². The van der Waals surface area contributed by atoms with Gasteiger partial charge in [0.25, 0.3) is 0 Å². The second-order valence-electron chi connectivity index (χ2n) is 1.82. The van der Waals surface area contributed by atoms with Crippen LogP contribution in [0.5, 0.6) is 0 Å². The molecule has 2 rings (SSSR count). The fourth-order valence-electron chi connectivity index (χ4n) is 0.581. The van der Waals surface area contributed by atoms with Crippen LogP contribution in [0.1, 0.15) is 6.42 Å². The number of rotatable bonds is 0. The Kier molecular flexibility index (Phi) is 76.2. The molecule has 0 fully saturated rings. The van der Waals surface area contributed by atoms with Crippen molar-refractivity contribution in [3.8, 4) is 0 Å². The molecule has 1 aromatic heterocycles. The third-order valence-corrected chi connectivity index (χ3v) is 1.72. The Morgan fingerprint density at radius 3 is 1.82 bits per heavy atom. The van der Waals surface area contributed by atoms with Crippen LogP contribution in [0.3, 0.4) is 0 Å². The Labute approximate surface area is 134 Å². The topological polar surface area (TPSA) is 0 Å². The Hall–Kier alpha value is 0.424. The number of hydrogen-bond acceptors (Lipinski definition) is 0. The summed E-state index contributed by atoms with van der Waals surface area (Å²) in [6, 6.07) is 3.96. The summed E-state index contributed by atoms with van der Waals surface area (Å²) in [6.45, 7) is 0. The molecule has 0 saturated carbocycles. The van der Waals surface area contributed by atoms with E-state index in [1.165, 1.54) is 0 Å². The van der Waals surface area contributed by atoms with Crippen LogP contribution in [0.15, 0.2) is 36.2 Å². The van der Waals surface area contributed by atoms with E-state index in [1.54, 1.807) is 20.0 Å². The van der Waals surface area contributed by atoms with Crippen molar-refractivity contribution in [1.29, 1.82) is 0 Å². The predicted molar refractivity (Wildman–Crippen MR) is 87.2 cm³/mol.